The molecule has 6 nitrogen and oxygen atoms in total. The summed E-state index contributed by atoms with van der Waals surface area (Å²) >= 11 is 0. The molecule has 1 fully saturated rings. The van der Waals surface area contributed by atoms with Gasteiger partial charge in [0.05, 0.1) is 0 Å². The lowest BCUT2D eigenvalue weighted by molar-refractivity contribution is -0.117. The van der Waals surface area contributed by atoms with Gasteiger partial charge in [0.2, 0.25) is 0 Å². The Labute approximate surface area is 164 Å². The van der Waals surface area contributed by atoms with Crippen molar-refractivity contribution in [1.82, 2.24) is 0 Å². The molecule has 0 spiro atoms. The molecule has 0 amide bonds. The molecular formula is C18H18F4O6S. The molecule has 1 heterocycles. The number of benzene rings is 1. The molecule has 1 saturated heterocycles. The number of carbonyl (C=O) groups excluding carboxylic acids is 1. The average Bonchev–Trinajstić information content (AvgIpc) is 3.02. The molecule has 3 rings (SSSR count). The molecule has 2 atom stereocenters. The zero-order chi connectivity index (χ0) is 21.6. The summed E-state index contributed by atoms with van der Waals surface area (Å²) in [7, 11) is -5.89. The molecule has 0 N–H and O–H groups in total. The number of ether oxygens (including phenoxy) is 2. The van der Waals surface area contributed by atoms with Crippen LogP contribution in [0.15, 0.2) is 24.0 Å². The van der Waals surface area contributed by atoms with Crippen molar-refractivity contribution < 1.29 is 44.4 Å². The highest BCUT2D eigenvalue weighted by Gasteiger charge is 2.50. The number of halogens is 4. The van der Waals surface area contributed by atoms with Crippen LogP contribution in [0.3, 0.4) is 0 Å². The van der Waals surface area contributed by atoms with Crippen LogP contribution in [0.4, 0.5) is 17.6 Å². The summed E-state index contributed by atoms with van der Waals surface area (Å²) in [5.41, 5.74) is -6.71. The van der Waals surface area contributed by atoms with Gasteiger partial charge in [-0.15, -0.1) is 0 Å². The van der Waals surface area contributed by atoms with Gasteiger partial charge < -0.3 is 13.7 Å². The molecule has 1 aliphatic heterocycles. The van der Waals surface area contributed by atoms with Gasteiger partial charge in [0, 0.05) is 12.5 Å². The van der Waals surface area contributed by atoms with Crippen molar-refractivity contribution in [3.05, 3.63) is 40.9 Å². The standard InChI is InChI=1S/C18H18F4O6S/c1-10-5-14(19)12(7-15(10)28-29(24,25)18(20,21)22)6-11(2)17-4-3-13(23)8-16(17)26-9-27-17/h5,7-8,11H,3-4,6,9H2,1-2H3/t11-,17+/m0/s1. The van der Waals surface area contributed by atoms with Gasteiger partial charge in [-0.2, -0.15) is 21.6 Å². The van der Waals surface area contributed by atoms with Crippen molar-refractivity contribution >= 4 is 15.9 Å². The van der Waals surface area contributed by atoms with Gasteiger partial charge in [0.25, 0.3) is 0 Å². The van der Waals surface area contributed by atoms with E-state index >= 15 is 0 Å². The summed E-state index contributed by atoms with van der Waals surface area (Å²) in [6, 6.07) is 1.85. The highest BCUT2D eigenvalue weighted by Crippen LogP contribution is 2.44. The number of carbonyl (C=O) groups is 1. The largest absolute Gasteiger partial charge is 0.534 e. The van der Waals surface area contributed by atoms with Crippen LogP contribution in [0.25, 0.3) is 0 Å². The van der Waals surface area contributed by atoms with Gasteiger partial charge >= 0.3 is 15.6 Å². The van der Waals surface area contributed by atoms with E-state index in [1.54, 1.807) is 6.92 Å². The lowest BCUT2D eigenvalue weighted by Gasteiger charge is -2.35. The fourth-order valence-electron chi connectivity index (χ4n) is 3.51. The van der Waals surface area contributed by atoms with E-state index in [4.69, 9.17) is 9.47 Å². The topological polar surface area (TPSA) is 78.9 Å². The zero-order valence-corrected chi connectivity index (χ0v) is 16.3. The highest BCUT2D eigenvalue weighted by molar-refractivity contribution is 7.88. The van der Waals surface area contributed by atoms with E-state index < -0.39 is 38.7 Å². The first kappa shape index (κ1) is 21.6. The van der Waals surface area contributed by atoms with Gasteiger partial charge in [0.1, 0.15) is 22.9 Å². The second-order valence-electron chi connectivity index (χ2n) is 7.07. The molecule has 1 aliphatic carbocycles. The lowest BCUT2D eigenvalue weighted by atomic mass is 9.76. The number of rotatable bonds is 5. The van der Waals surface area contributed by atoms with Crippen LogP contribution in [0.1, 0.15) is 30.9 Å². The van der Waals surface area contributed by atoms with E-state index in [2.05, 4.69) is 4.18 Å². The van der Waals surface area contributed by atoms with E-state index in [9.17, 15) is 30.8 Å². The Morgan fingerprint density at radius 2 is 2.00 bits per heavy atom. The van der Waals surface area contributed by atoms with Gasteiger partial charge in [-0.3, -0.25) is 4.79 Å². The Kier molecular flexibility index (Phi) is 5.41. The lowest BCUT2D eigenvalue weighted by Crippen LogP contribution is -2.41. The predicted octanol–water partition coefficient (Wildman–Crippen LogP) is 3.53. The third-order valence-corrected chi connectivity index (χ3v) is 6.10. The average molecular weight is 438 g/mol. The van der Waals surface area contributed by atoms with Gasteiger partial charge in [0.15, 0.2) is 12.6 Å². The van der Waals surface area contributed by atoms with Crippen LogP contribution in [0, 0.1) is 18.7 Å². The van der Waals surface area contributed by atoms with Crippen LogP contribution >= 0.6 is 0 Å². The van der Waals surface area contributed by atoms with Crippen LogP contribution < -0.4 is 4.18 Å². The molecule has 160 valence electrons. The number of alkyl halides is 3. The van der Waals surface area contributed by atoms with E-state index in [1.807, 2.05) is 0 Å². The Balaban J connectivity index is 1.90. The number of fused-ring (bicyclic) bond motifs is 1. The summed E-state index contributed by atoms with van der Waals surface area (Å²) < 4.78 is 90.1. The first-order valence-corrected chi connectivity index (χ1v) is 10.1. The minimum Gasteiger partial charge on any atom is -0.469 e. The van der Waals surface area contributed by atoms with E-state index in [0.29, 0.717) is 12.2 Å². The molecule has 1 aromatic carbocycles. The quantitative estimate of drug-likeness (QED) is 0.398. The van der Waals surface area contributed by atoms with Gasteiger partial charge in [-0.1, -0.05) is 6.92 Å². The van der Waals surface area contributed by atoms with Crippen LogP contribution in [0.5, 0.6) is 5.75 Å². The maximum atomic E-state index is 14.5. The monoisotopic (exact) mass is 438 g/mol. The molecular weight excluding hydrogens is 420 g/mol. The molecule has 2 aliphatic rings. The van der Waals surface area contributed by atoms with Gasteiger partial charge in [-0.25, -0.2) is 4.39 Å². The van der Waals surface area contributed by atoms with Crippen LogP contribution in [-0.2, 0) is 30.8 Å². The number of allylic oxidation sites excluding steroid dienone is 1. The second-order valence-corrected chi connectivity index (χ2v) is 8.61. The van der Waals surface area contributed by atoms with Crippen molar-refractivity contribution in [2.45, 2.75) is 44.2 Å². The molecule has 29 heavy (non-hydrogen) atoms. The van der Waals surface area contributed by atoms with Crippen molar-refractivity contribution in [3.8, 4) is 5.75 Å². The SMILES string of the molecule is Cc1cc(F)c(C[C@H](C)[C@]23CCC(=O)C=C2OCO3)cc1OS(=O)(=O)C(F)(F)F. The maximum Gasteiger partial charge on any atom is 0.534 e. The van der Waals surface area contributed by atoms with Gasteiger partial charge in [-0.05, 0) is 48.9 Å². The molecule has 0 radical (unpaired) electrons. The van der Waals surface area contributed by atoms with Crippen LogP contribution in [0.2, 0.25) is 0 Å². The summed E-state index contributed by atoms with van der Waals surface area (Å²) in [5.74, 6) is -1.54. The molecule has 0 bridgehead atoms. The number of hydrogen-bond acceptors (Lipinski definition) is 6. The van der Waals surface area contributed by atoms with Crippen molar-refractivity contribution in [2.75, 3.05) is 6.79 Å². The van der Waals surface area contributed by atoms with Crippen LogP contribution in [-0.4, -0.2) is 32.1 Å². The first-order chi connectivity index (χ1) is 13.4. The highest BCUT2D eigenvalue weighted by atomic mass is 32.2. The molecule has 0 aromatic heterocycles. The Bertz CT molecular complexity index is 969. The Hall–Kier alpha value is -2.14. The van der Waals surface area contributed by atoms with Crippen molar-refractivity contribution in [1.29, 1.82) is 0 Å². The summed E-state index contributed by atoms with van der Waals surface area (Å²) in [6.07, 6.45) is 1.86. The van der Waals surface area contributed by atoms with E-state index in [0.717, 1.165) is 12.1 Å². The molecule has 0 saturated carbocycles. The van der Waals surface area contributed by atoms with E-state index in [1.165, 1.54) is 13.0 Å². The van der Waals surface area contributed by atoms with E-state index in [-0.39, 0.29) is 36.5 Å². The normalized spacial score (nSPS) is 23.2. The fourth-order valence-corrected chi connectivity index (χ4v) is 4.02. The fraction of sp³-hybridized carbons (Fsp3) is 0.500. The van der Waals surface area contributed by atoms with Crippen molar-refractivity contribution in [2.24, 2.45) is 5.92 Å². The number of aryl methyl sites for hydroxylation is 1. The summed E-state index contributed by atoms with van der Waals surface area (Å²) in [6.45, 7) is 2.89. The minimum absolute atomic E-state index is 0.0105. The second kappa shape index (κ2) is 7.28. The molecule has 11 heteroatoms. The third-order valence-electron chi connectivity index (χ3n) is 5.13. The predicted molar refractivity (Wildman–Crippen MR) is 91.7 cm³/mol. The number of hydrogen-bond donors (Lipinski definition) is 0. The molecule has 0 unspecified atom stereocenters. The molecule has 1 aromatic rings. The Morgan fingerprint density at radius 3 is 2.66 bits per heavy atom. The third kappa shape index (κ3) is 3.97. The zero-order valence-electron chi connectivity index (χ0n) is 15.5. The first-order valence-electron chi connectivity index (χ1n) is 8.67. The smallest absolute Gasteiger partial charge is 0.469 e. The number of ketones is 1. The minimum atomic E-state index is -5.89. The summed E-state index contributed by atoms with van der Waals surface area (Å²) in [4.78, 5) is 11.6. The summed E-state index contributed by atoms with van der Waals surface area (Å²) in [5, 5.41) is 0. The Morgan fingerprint density at radius 1 is 1.31 bits per heavy atom. The maximum absolute atomic E-state index is 14.5. The van der Waals surface area contributed by atoms with Crippen molar-refractivity contribution in [3.63, 3.8) is 0 Å².